The Morgan fingerprint density at radius 1 is 1.15 bits per heavy atom. The minimum Gasteiger partial charge on any atom is -0.338 e. The first-order valence-electron chi connectivity index (χ1n) is 8.23. The molecule has 0 saturated heterocycles. The van der Waals surface area contributed by atoms with Gasteiger partial charge in [-0.25, -0.2) is 4.79 Å². The van der Waals surface area contributed by atoms with Crippen LogP contribution in [0.25, 0.3) is 0 Å². The predicted octanol–water partition coefficient (Wildman–Crippen LogP) is 3.08. The third-order valence-electron chi connectivity index (χ3n) is 4.54. The van der Waals surface area contributed by atoms with Gasteiger partial charge in [-0.05, 0) is 53.1 Å². The lowest BCUT2D eigenvalue weighted by atomic mass is 9.95. The van der Waals surface area contributed by atoms with Crippen LogP contribution < -0.4 is 5.32 Å². The van der Waals surface area contributed by atoms with E-state index < -0.39 is 0 Å². The average Bonchev–Trinajstić information content (AvgIpc) is 2.46. The van der Waals surface area contributed by atoms with Crippen LogP contribution >= 0.6 is 0 Å². The van der Waals surface area contributed by atoms with E-state index in [-0.39, 0.29) is 6.03 Å². The van der Waals surface area contributed by atoms with E-state index in [9.17, 15) is 4.79 Å². The highest BCUT2D eigenvalue weighted by molar-refractivity contribution is 5.74. The molecule has 0 aromatic heterocycles. The lowest BCUT2D eigenvalue weighted by Crippen LogP contribution is -2.44. The van der Waals surface area contributed by atoms with Crippen LogP contribution in [0.15, 0.2) is 0 Å². The van der Waals surface area contributed by atoms with Crippen LogP contribution in [0.5, 0.6) is 0 Å². The van der Waals surface area contributed by atoms with Crippen LogP contribution in [-0.4, -0.2) is 55.1 Å². The van der Waals surface area contributed by atoms with Gasteiger partial charge in [0.15, 0.2) is 0 Å². The summed E-state index contributed by atoms with van der Waals surface area (Å²) in [6, 6.07) is 1.16. The van der Waals surface area contributed by atoms with Crippen molar-refractivity contribution in [1.29, 1.82) is 0 Å². The third kappa shape index (κ3) is 6.12. The van der Waals surface area contributed by atoms with Gasteiger partial charge in [-0.1, -0.05) is 19.3 Å². The number of carbonyl (C=O) groups is 1. The largest absolute Gasteiger partial charge is 0.338 e. The fourth-order valence-electron chi connectivity index (χ4n) is 2.70. The molecule has 0 aliphatic heterocycles. The topological polar surface area (TPSA) is 35.6 Å². The fraction of sp³-hybridized carbons (Fsp3) is 0.938. The zero-order valence-electron chi connectivity index (χ0n) is 13.8. The Bertz CT molecular complexity index is 275. The van der Waals surface area contributed by atoms with Gasteiger partial charge in [0.2, 0.25) is 0 Å². The monoisotopic (exact) mass is 283 g/mol. The SMILES string of the molecule is CC(C)N(C)CCCCNC(=O)N(C)C1CCCCC1. The van der Waals surface area contributed by atoms with Gasteiger partial charge in [-0.3, -0.25) is 0 Å². The van der Waals surface area contributed by atoms with Gasteiger partial charge in [0, 0.05) is 25.7 Å². The van der Waals surface area contributed by atoms with Crippen molar-refractivity contribution >= 4 is 6.03 Å². The molecule has 4 nitrogen and oxygen atoms in total. The van der Waals surface area contributed by atoms with E-state index in [1.54, 1.807) is 0 Å². The highest BCUT2D eigenvalue weighted by Gasteiger charge is 2.21. The summed E-state index contributed by atoms with van der Waals surface area (Å²) < 4.78 is 0. The van der Waals surface area contributed by atoms with Crippen molar-refractivity contribution in [1.82, 2.24) is 15.1 Å². The van der Waals surface area contributed by atoms with Crippen LogP contribution in [-0.2, 0) is 0 Å². The molecular weight excluding hydrogens is 250 g/mol. The number of nitrogens with zero attached hydrogens (tertiary/aromatic N) is 2. The first-order valence-corrected chi connectivity index (χ1v) is 8.23. The smallest absolute Gasteiger partial charge is 0.317 e. The van der Waals surface area contributed by atoms with Crippen molar-refractivity contribution in [3.05, 3.63) is 0 Å². The van der Waals surface area contributed by atoms with E-state index in [1.807, 2.05) is 11.9 Å². The molecule has 1 N–H and O–H groups in total. The summed E-state index contributed by atoms with van der Waals surface area (Å²) >= 11 is 0. The molecule has 20 heavy (non-hydrogen) atoms. The quantitative estimate of drug-likeness (QED) is 0.729. The van der Waals surface area contributed by atoms with Gasteiger partial charge < -0.3 is 15.1 Å². The van der Waals surface area contributed by atoms with Gasteiger partial charge in [0.05, 0.1) is 0 Å². The second-order valence-electron chi connectivity index (χ2n) is 6.42. The molecule has 0 heterocycles. The van der Waals surface area contributed by atoms with E-state index >= 15 is 0 Å². The Balaban J connectivity index is 2.10. The normalized spacial score (nSPS) is 16.7. The summed E-state index contributed by atoms with van der Waals surface area (Å²) in [5.41, 5.74) is 0. The Morgan fingerprint density at radius 3 is 2.40 bits per heavy atom. The van der Waals surface area contributed by atoms with Crippen molar-refractivity contribution in [2.24, 2.45) is 0 Å². The van der Waals surface area contributed by atoms with Crippen molar-refractivity contribution in [2.45, 2.75) is 70.9 Å². The van der Waals surface area contributed by atoms with E-state index in [2.05, 4.69) is 31.1 Å². The van der Waals surface area contributed by atoms with Crippen LogP contribution in [0.4, 0.5) is 4.79 Å². The Kier molecular flexibility index (Phi) is 7.97. The molecule has 0 aromatic carbocycles. The summed E-state index contributed by atoms with van der Waals surface area (Å²) in [5, 5.41) is 3.05. The summed E-state index contributed by atoms with van der Waals surface area (Å²) in [6.45, 7) is 6.32. The van der Waals surface area contributed by atoms with Crippen molar-refractivity contribution in [3.8, 4) is 0 Å². The van der Waals surface area contributed by atoms with Gasteiger partial charge >= 0.3 is 6.03 Å². The number of unbranched alkanes of at least 4 members (excludes halogenated alkanes) is 1. The van der Waals surface area contributed by atoms with Crippen LogP contribution in [0.2, 0.25) is 0 Å². The Morgan fingerprint density at radius 2 is 1.80 bits per heavy atom. The minimum atomic E-state index is 0.106. The van der Waals surface area contributed by atoms with Crippen molar-refractivity contribution < 1.29 is 4.79 Å². The molecule has 0 spiro atoms. The summed E-state index contributed by atoms with van der Waals surface area (Å²) in [7, 11) is 4.10. The summed E-state index contributed by atoms with van der Waals surface area (Å²) in [6.07, 6.45) is 8.40. The average molecular weight is 283 g/mol. The Labute approximate surface area is 124 Å². The lowest BCUT2D eigenvalue weighted by molar-refractivity contribution is 0.173. The maximum Gasteiger partial charge on any atom is 0.317 e. The molecular formula is C16H33N3O. The molecule has 0 aromatic rings. The molecule has 1 aliphatic rings. The van der Waals surface area contributed by atoms with E-state index in [4.69, 9.17) is 0 Å². The molecule has 0 unspecified atom stereocenters. The third-order valence-corrected chi connectivity index (χ3v) is 4.54. The molecule has 1 aliphatic carbocycles. The van der Waals surface area contributed by atoms with Gasteiger partial charge in [-0.2, -0.15) is 0 Å². The number of amides is 2. The molecule has 0 bridgehead atoms. The zero-order chi connectivity index (χ0) is 15.0. The number of hydrogen-bond donors (Lipinski definition) is 1. The standard InChI is InChI=1S/C16H33N3O/c1-14(2)18(3)13-9-8-12-17-16(20)19(4)15-10-6-5-7-11-15/h14-15H,5-13H2,1-4H3,(H,17,20). The second kappa shape index (κ2) is 9.22. The number of nitrogens with one attached hydrogen (secondary N) is 1. The molecule has 1 fully saturated rings. The maximum atomic E-state index is 12.1. The molecule has 1 rings (SSSR count). The van der Waals surface area contributed by atoms with Crippen LogP contribution in [0, 0.1) is 0 Å². The fourth-order valence-corrected chi connectivity index (χ4v) is 2.70. The lowest BCUT2D eigenvalue weighted by Gasteiger charge is -2.31. The first-order chi connectivity index (χ1) is 9.52. The van der Waals surface area contributed by atoms with E-state index in [0.29, 0.717) is 12.1 Å². The van der Waals surface area contributed by atoms with E-state index in [1.165, 1.54) is 32.1 Å². The van der Waals surface area contributed by atoms with Crippen molar-refractivity contribution in [2.75, 3.05) is 27.2 Å². The molecule has 0 atom stereocenters. The number of urea groups is 1. The molecule has 2 amide bonds. The first kappa shape index (κ1) is 17.3. The summed E-state index contributed by atoms with van der Waals surface area (Å²) in [4.78, 5) is 16.3. The van der Waals surface area contributed by atoms with Gasteiger partial charge in [0.25, 0.3) is 0 Å². The second-order valence-corrected chi connectivity index (χ2v) is 6.42. The number of hydrogen-bond acceptors (Lipinski definition) is 2. The highest BCUT2D eigenvalue weighted by Crippen LogP contribution is 2.21. The molecule has 0 radical (unpaired) electrons. The maximum absolute atomic E-state index is 12.1. The number of rotatable bonds is 7. The van der Waals surface area contributed by atoms with E-state index in [0.717, 1.165) is 25.9 Å². The summed E-state index contributed by atoms with van der Waals surface area (Å²) in [5.74, 6) is 0. The minimum absolute atomic E-state index is 0.106. The predicted molar refractivity (Wildman–Crippen MR) is 85.0 cm³/mol. The Hall–Kier alpha value is -0.770. The van der Waals surface area contributed by atoms with Crippen LogP contribution in [0.3, 0.4) is 0 Å². The van der Waals surface area contributed by atoms with Crippen molar-refractivity contribution in [3.63, 3.8) is 0 Å². The molecule has 118 valence electrons. The molecule has 1 saturated carbocycles. The van der Waals surface area contributed by atoms with Gasteiger partial charge in [-0.15, -0.1) is 0 Å². The van der Waals surface area contributed by atoms with Gasteiger partial charge in [0.1, 0.15) is 0 Å². The molecule has 4 heteroatoms. The zero-order valence-corrected chi connectivity index (χ0v) is 13.8. The van der Waals surface area contributed by atoms with Crippen LogP contribution in [0.1, 0.15) is 58.8 Å². The highest BCUT2D eigenvalue weighted by atomic mass is 16.2. The number of carbonyl (C=O) groups excluding carboxylic acids is 1.